The quantitative estimate of drug-likeness (QED) is 0.910. The number of tetrazole rings is 1. The summed E-state index contributed by atoms with van der Waals surface area (Å²) in [6.45, 7) is 4.69. The maximum Gasteiger partial charge on any atom is 0.233 e. The molecule has 1 aromatic heterocycles. The second kappa shape index (κ2) is 6.98. The number of carbonyl (C=O) groups is 1. The summed E-state index contributed by atoms with van der Waals surface area (Å²) in [5.74, 6) is 1.03. The van der Waals surface area contributed by atoms with Gasteiger partial charge in [-0.1, -0.05) is 36.8 Å². The highest BCUT2D eigenvalue weighted by atomic mass is 16.5. The van der Waals surface area contributed by atoms with Crippen LogP contribution in [0.4, 0.5) is 0 Å². The van der Waals surface area contributed by atoms with Crippen LogP contribution in [0.1, 0.15) is 55.1 Å². The Kier molecular flexibility index (Phi) is 4.78. The first-order valence-corrected chi connectivity index (χ1v) is 8.35. The molecule has 0 bridgehead atoms. The minimum absolute atomic E-state index is 0.00686. The summed E-state index contributed by atoms with van der Waals surface area (Å²) >= 11 is 0. The highest BCUT2D eigenvalue weighted by molar-refractivity contribution is 5.83. The van der Waals surface area contributed by atoms with E-state index in [0.29, 0.717) is 18.9 Å². The Bertz CT molecular complexity index is 701. The van der Waals surface area contributed by atoms with Crippen molar-refractivity contribution in [3.63, 3.8) is 0 Å². The molecule has 2 heterocycles. The lowest BCUT2D eigenvalue weighted by atomic mass is 9.94. The molecule has 1 aliphatic heterocycles. The lowest BCUT2D eigenvalue weighted by molar-refractivity contribution is -0.134. The Morgan fingerprint density at radius 3 is 3.04 bits per heavy atom. The number of aromatic nitrogens is 4. The summed E-state index contributed by atoms with van der Waals surface area (Å²) < 4.78 is 5.82. The van der Waals surface area contributed by atoms with E-state index in [1.807, 2.05) is 44.0 Å². The van der Waals surface area contributed by atoms with E-state index in [1.165, 1.54) is 0 Å². The lowest BCUT2D eigenvalue weighted by Crippen LogP contribution is -2.37. The normalized spacial score (nSPS) is 17.7. The Balaban J connectivity index is 1.87. The molecule has 2 atom stereocenters. The fourth-order valence-corrected chi connectivity index (χ4v) is 3.33. The zero-order valence-corrected chi connectivity index (χ0v) is 14.3. The minimum atomic E-state index is -0.366. The number of rotatable bonds is 5. The molecule has 0 fully saturated rings. The highest BCUT2D eigenvalue weighted by Gasteiger charge is 2.33. The molecular weight excluding hydrogens is 306 g/mol. The Morgan fingerprint density at radius 2 is 2.33 bits per heavy atom. The first-order chi connectivity index (χ1) is 11.6. The van der Waals surface area contributed by atoms with Crippen molar-refractivity contribution in [1.29, 1.82) is 0 Å². The molecule has 3 rings (SSSR count). The van der Waals surface area contributed by atoms with E-state index in [0.717, 1.165) is 29.7 Å². The maximum atomic E-state index is 13.1. The summed E-state index contributed by atoms with van der Waals surface area (Å²) in [7, 11) is 1.85. The number of carbonyl (C=O) groups excluding carboxylic acids is 1. The third-order valence-electron chi connectivity index (χ3n) is 4.60. The molecule has 2 unspecified atom stereocenters. The van der Waals surface area contributed by atoms with Crippen molar-refractivity contribution in [2.45, 2.75) is 45.1 Å². The van der Waals surface area contributed by atoms with Crippen LogP contribution in [0.3, 0.4) is 0 Å². The molecule has 7 nitrogen and oxygen atoms in total. The average molecular weight is 329 g/mol. The van der Waals surface area contributed by atoms with Crippen LogP contribution in [-0.4, -0.2) is 45.1 Å². The Hall–Kier alpha value is -2.44. The number of ether oxygens (including phenoxy) is 1. The third-order valence-corrected chi connectivity index (χ3v) is 4.60. The summed E-state index contributed by atoms with van der Waals surface area (Å²) in [6.07, 6.45) is 2.36. The second-order valence-corrected chi connectivity index (χ2v) is 6.21. The number of hydrogen-bond acceptors (Lipinski definition) is 5. The fraction of sp³-hybridized carbons (Fsp3) is 0.529. The van der Waals surface area contributed by atoms with E-state index in [2.05, 4.69) is 20.6 Å². The molecular formula is C17H23N5O2. The van der Waals surface area contributed by atoms with E-state index >= 15 is 0 Å². The zero-order valence-electron chi connectivity index (χ0n) is 14.3. The van der Waals surface area contributed by atoms with Gasteiger partial charge < -0.3 is 9.64 Å². The van der Waals surface area contributed by atoms with Crippen LogP contribution in [0, 0.1) is 6.92 Å². The Morgan fingerprint density at radius 1 is 1.50 bits per heavy atom. The smallest absolute Gasteiger partial charge is 0.233 e. The molecule has 2 aromatic rings. The van der Waals surface area contributed by atoms with Crippen molar-refractivity contribution in [1.82, 2.24) is 25.5 Å². The summed E-state index contributed by atoms with van der Waals surface area (Å²) in [4.78, 5) is 14.9. The topological polar surface area (TPSA) is 84.0 Å². The minimum Gasteiger partial charge on any atom is -0.493 e. The van der Waals surface area contributed by atoms with E-state index < -0.39 is 0 Å². The fourth-order valence-electron chi connectivity index (χ4n) is 3.33. The number of para-hydroxylation sites is 1. The van der Waals surface area contributed by atoms with Crippen molar-refractivity contribution in [2.75, 3.05) is 13.7 Å². The van der Waals surface area contributed by atoms with E-state index in [9.17, 15) is 4.79 Å². The number of amides is 1. The Labute approximate surface area is 141 Å². The largest absolute Gasteiger partial charge is 0.493 e. The molecule has 0 saturated carbocycles. The lowest BCUT2D eigenvalue weighted by Gasteiger charge is -2.35. The second-order valence-electron chi connectivity index (χ2n) is 6.21. The standard InChI is InChI=1S/C17H23N5O2/c1-4-6-13(16-18-20-21-19-16)17(23)22(3)14-9-10-24-15-11(2)7-5-8-12(14)15/h5,7-8,13-14H,4,6,9-10H2,1-3H3,(H,18,19,20,21). The van der Waals surface area contributed by atoms with Gasteiger partial charge in [0.2, 0.25) is 5.91 Å². The predicted octanol–water partition coefficient (Wildman–Crippen LogP) is 2.37. The van der Waals surface area contributed by atoms with Crippen LogP contribution < -0.4 is 4.74 Å². The van der Waals surface area contributed by atoms with Gasteiger partial charge in [0.15, 0.2) is 5.82 Å². The van der Waals surface area contributed by atoms with Crippen LogP contribution in [0.2, 0.25) is 0 Å². The van der Waals surface area contributed by atoms with Crippen LogP contribution in [-0.2, 0) is 4.79 Å². The molecule has 1 aliphatic rings. The molecule has 7 heteroatoms. The molecule has 128 valence electrons. The summed E-state index contributed by atoms with van der Waals surface area (Å²) in [6, 6.07) is 6.09. The monoisotopic (exact) mass is 329 g/mol. The van der Waals surface area contributed by atoms with Gasteiger partial charge in [0.05, 0.1) is 12.6 Å². The molecule has 0 aliphatic carbocycles. The number of hydrogen-bond donors (Lipinski definition) is 1. The molecule has 1 N–H and O–H groups in total. The number of aryl methyl sites for hydroxylation is 1. The van der Waals surface area contributed by atoms with Crippen molar-refractivity contribution in [3.8, 4) is 5.75 Å². The average Bonchev–Trinajstić information content (AvgIpc) is 3.12. The number of nitrogens with one attached hydrogen (secondary N) is 1. The van der Waals surface area contributed by atoms with Gasteiger partial charge in [-0.05, 0) is 18.9 Å². The van der Waals surface area contributed by atoms with Gasteiger partial charge in [-0.2, -0.15) is 5.21 Å². The highest BCUT2D eigenvalue weighted by Crippen LogP contribution is 2.38. The van der Waals surface area contributed by atoms with Crippen molar-refractivity contribution < 1.29 is 9.53 Å². The van der Waals surface area contributed by atoms with Gasteiger partial charge in [0, 0.05) is 19.0 Å². The van der Waals surface area contributed by atoms with Gasteiger partial charge in [-0.25, -0.2) is 0 Å². The van der Waals surface area contributed by atoms with Gasteiger partial charge >= 0.3 is 0 Å². The molecule has 1 aromatic carbocycles. The third kappa shape index (κ3) is 2.98. The first-order valence-electron chi connectivity index (χ1n) is 8.35. The van der Waals surface area contributed by atoms with Gasteiger partial charge in [-0.3, -0.25) is 4.79 Å². The number of aromatic amines is 1. The summed E-state index contributed by atoms with van der Waals surface area (Å²) in [5, 5.41) is 14.1. The van der Waals surface area contributed by atoms with Gasteiger partial charge in [0.1, 0.15) is 11.7 Å². The van der Waals surface area contributed by atoms with Crippen LogP contribution >= 0.6 is 0 Å². The van der Waals surface area contributed by atoms with E-state index in [1.54, 1.807) is 0 Å². The van der Waals surface area contributed by atoms with Crippen LogP contribution in [0.15, 0.2) is 18.2 Å². The molecule has 24 heavy (non-hydrogen) atoms. The predicted molar refractivity (Wildman–Crippen MR) is 88.6 cm³/mol. The van der Waals surface area contributed by atoms with E-state index in [4.69, 9.17) is 4.74 Å². The first kappa shape index (κ1) is 16.4. The molecule has 0 saturated heterocycles. The number of H-pyrrole nitrogens is 1. The van der Waals surface area contributed by atoms with Crippen molar-refractivity contribution in [2.24, 2.45) is 0 Å². The molecule has 0 spiro atoms. The van der Waals surface area contributed by atoms with Gasteiger partial charge in [-0.15, -0.1) is 10.2 Å². The number of nitrogens with zero attached hydrogens (tertiary/aromatic N) is 4. The van der Waals surface area contributed by atoms with Crippen molar-refractivity contribution in [3.05, 3.63) is 35.2 Å². The maximum absolute atomic E-state index is 13.1. The van der Waals surface area contributed by atoms with Gasteiger partial charge in [0.25, 0.3) is 0 Å². The van der Waals surface area contributed by atoms with Crippen LogP contribution in [0.5, 0.6) is 5.75 Å². The summed E-state index contributed by atoms with van der Waals surface area (Å²) in [5.41, 5.74) is 2.17. The molecule has 0 radical (unpaired) electrons. The van der Waals surface area contributed by atoms with E-state index in [-0.39, 0.29) is 17.9 Å². The number of likely N-dealkylation sites (N-methyl/N-ethyl adjacent to an activating group) is 1. The number of fused-ring (bicyclic) bond motifs is 1. The zero-order chi connectivity index (χ0) is 17.1. The molecule has 1 amide bonds. The SMILES string of the molecule is CCCC(C(=O)N(C)C1CCOc2c(C)cccc21)c1nn[nH]n1. The number of benzene rings is 1. The van der Waals surface area contributed by atoms with Crippen LogP contribution in [0.25, 0.3) is 0 Å². The van der Waals surface area contributed by atoms with Crippen molar-refractivity contribution >= 4 is 5.91 Å².